The summed E-state index contributed by atoms with van der Waals surface area (Å²) in [4.78, 5) is 29.3. The molecule has 3 heterocycles. The van der Waals surface area contributed by atoms with Crippen LogP contribution in [0, 0.1) is 5.82 Å². The molecule has 0 aromatic heterocycles. The van der Waals surface area contributed by atoms with Crippen LogP contribution in [0.3, 0.4) is 0 Å². The second kappa shape index (κ2) is 6.23. The predicted octanol–water partition coefficient (Wildman–Crippen LogP) is 2.32. The van der Waals surface area contributed by atoms with Crippen molar-refractivity contribution < 1.29 is 19.1 Å². The number of anilines is 1. The summed E-state index contributed by atoms with van der Waals surface area (Å²) in [5.74, 6) is -0.263. The Balaban J connectivity index is 1.44. The molecule has 0 radical (unpaired) electrons. The molecule has 2 saturated heterocycles. The lowest BCUT2D eigenvalue weighted by Gasteiger charge is -2.44. The number of rotatable bonds is 2. The fourth-order valence-corrected chi connectivity index (χ4v) is 4.72. The Bertz CT molecular complexity index is 748. The fraction of sp³-hybridized carbons (Fsp3) is 0.579. The third-order valence-electron chi connectivity index (χ3n) is 6.23. The first-order valence-electron chi connectivity index (χ1n) is 9.21. The van der Waals surface area contributed by atoms with E-state index in [1.165, 1.54) is 17.0 Å². The minimum Gasteiger partial charge on any atom is -0.465 e. The molecular weight excluding hydrogens is 337 g/mol. The summed E-state index contributed by atoms with van der Waals surface area (Å²) >= 11 is 0. The number of halogens is 1. The minimum atomic E-state index is -0.857. The van der Waals surface area contributed by atoms with Crippen molar-refractivity contribution in [3.8, 4) is 0 Å². The third-order valence-corrected chi connectivity index (χ3v) is 6.23. The quantitative estimate of drug-likeness (QED) is 0.878. The molecule has 7 heteroatoms. The molecule has 2 amide bonds. The number of hydrogen-bond donors (Lipinski definition) is 1. The Hall–Kier alpha value is -2.15. The van der Waals surface area contributed by atoms with Crippen LogP contribution >= 0.6 is 0 Å². The minimum absolute atomic E-state index is 0.0492. The molecule has 26 heavy (non-hydrogen) atoms. The van der Waals surface area contributed by atoms with E-state index in [-0.39, 0.29) is 23.3 Å². The number of piperidine rings is 1. The Morgan fingerprint density at radius 3 is 2.65 bits per heavy atom. The molecule has 1 unspecified atom stereocenters. The summed E-state index contributed by atoms with van der Waals surface area (Å²) in [6.45, 7) is 4.88. The molecule has 1 aromatic carbocycles. The fourth-order valence-electron chi connectivity index (χ4n) is 4.72. The Morgan fingerprint density at radius 1 is 1.27 bits per heavy atom. The molecule has 0 spiro atoms. The maximum Gasteiger partial charge on any atom is 0.407 e. The highest BCUT2D eigenvalue weighted by atomic mass is 19.1. The van der Waals surface area contributed by atoms with Gasteiger partial charge in [0, 0.05) is 37.8 Å². The van der Waals surface area contributed by atoms with Crippen molar-refractivity contribution in [3.05, 3.63) is 29.6 Å². The number of benzene rings is 1. The lowest BCUT2D eigenvalue weighted by molar-refractivity contribution is -0.118. The number of carbonyl (C=O) groups excluding carboxylic acids is 1. The number of fused-ring (bicyclic) bond motifs is 1. The highest BCUT2D eigenvalue weighted by molar-refractivity contribution is 6.01. The summed E-state index contributed by atoms with van der Waals surface area (Å²) < 4.78 is 13.6. The van der Waals surface area contributed by atoms with Gasteiger partial charge in [0.1, 0.15) is 5.82 Å². The van der Waals surface area contributed by atoms with Gasteiger partial charge in [0.15, 0.2) is 0 Å². The molecule has 1 aromatic rings. The van der Waals surface area contributed by atoms with E-state index < -0.39 is 6.09 Å². The molecule has 3 aliphatic rings. The highest BCUT2D eigenvalue weighted by Gasteiger charge is 2.43. The molecule has 0 bridgehead atoms. The molecule has 140 valence electrons. The van der Waals surface area contributed by atoms with Crippen LogP contribution in [0.15, 0.2) is 18.2 Å². The second-order valence-corrected chi connectivity index (χ2v) is 7.88. The van der Waals surface area contributed by atoms with Crippen molar-refractivity contribution in [1.29, 1.82) is 0 Å². The Kier molecular flexibility index (Phi) is 4.14. The normalized spacial score (nSPS) is 27.2. The van der Waals surface area contributed by atoms with Crippen LogP contribution in [0.2, 0.25) is 0 Å². The number of hydrogen-bond acceptors (Lipinski definition) is 3. The number of likely N-dealkylation sites (tertiary alicyclic amines) is 2. The van der Waals surface area contributed by atoms with E-state index in [4.69, 9.17) is 0 Å². The molecule has 6 nitrogen and oxygen atoms in total. The molecule has 1 N–H and O–H groups in total. The van der Waals surface area contributed by atoms with Gasteiger partial charge in [-0.3, -0.25) is 9.69 Å². The number of carbonyl (C=O) groups is 2. The summed E-state index contributed by atoms with van der Waals surface area (Å²) in [7, 11) is 0. The Labute approximate surface area is 152 Å². The van der Waals surface area contributed by atoms with Gasteiger partial charge >= 0.3 is 6.09 Å². The monoisotopic (exact) mass is 361 g/mol. The van der Waals surface area contributed by atoms with Crippen molar-refractivity contribution in [2.24, 2.45) is 0 Å². The molecular formula is C19H24FN3O3. The molecule has 4 rings (SSSR count). The van der Waals surface area contributed by atoms with Crippen LogP contribution in [0.5, 0.6) is 0 Å². The van der Waals surface area contributed by atoms with Crippen molar-refractivity contribution >= 4 is 17.7 Å². The van der Waals surface area contributed by atoms with Crippen LogP contribution in [-0.4, -0.2) is 64.7 Å². The lowest BCUT2D eigenvalue weighted by atomic mass is 9.93. The zero-order chi connectivity index (χ0) is 18.5. The molecule has 0 aliphatic carbocycles. The van der Waals surface area contributed by atoms with Gasteiger partial charge in [-0.25, -0.2) is 9.18 Å². The average Bonchev–Trinajstić information content (AvgIpc) is 3.16. The van der Waals surface area contributed by atoms with Crippen LogP contribution in [0.1, 0.15) is 31.7 Å². The Morgan fingerprint density at radius 2 is 2.00 bits per heavy atom. The van der Waals surface area contributed by atoms with Gasteiger partial charge in [-0.15, -0.1) is 0 Å². The van der Waals surface area contributed by atoms with E-state index in [9.17, 15) is 19.1 Å². The zero-order valence-corrected chi connectivity index (χ0v) is 14.9. The van der Waals surface area contributed by atoms with Crippen LogP contribution in [0.4, 0.5) is 14.9 Å². The van der Waals surface area contributed by atoms with E-state index in [0.717, 1.165) is 43.6 Å². The molecule has 2 fully saturated rings. The van der Waals surface area contributed by atoms with Gasteiger partial charge in [0.2, 0.25) is 5.91 Å². The number of carboxylic acid groups (broad SMARTS) is 1. The van der Waals surface area contributed by atoms with E-state index in [0.29, 0.717) is 19.5 Å². The van der Waals surface area contributed by atoms with E-state index in [2.05, 4.69) is 11.8 Å². The van der Waals surface area contributed by atoms with E-state index in [1.54, 1.807) is 11.0 Å². The lowest BCUT2D eigenvalue weighted by Crippen LogP contribution is -2.55. The maximum absolute atomic E-state index is 13.6. The van der Waals surface area contributed by atoms with Gasteiger partial charge in [-0.1, -0.05) is 6.07 Å². The van der Waals surface area contributed by atoms with Gasteiger partial charge in [-0.2, -0.15) is 0 Å². The van der Waals surface area contributed by atoms with Gasteiger partial charge < -0.3 is 14.9 Å². The smallest absolute Gasteiger partial charge is 0.407 e. The molecule has 0 saturated carbocycles. The van der Waals surface area contributed by atoms with Crippen molar-refractivity contribution in [3.63, 3.8) is 0 Å². The van der Waals surface area contributed by atoms with Crippen molar-refractivity contribution in [1.82, 2.24) is 9.80 Å². The molecule has 3 aliphatic heterocycles. The maximum atomic E-state index is 13.6. The van der Waals surface area contributed by atoms with Gasteiger partial charge in [0.05, 0.1) is 12.1 Å². The zero-order valence-electron chi connectivity index (χ0n) is 14.9. The third kappa shape index (κ3) is 2.84. The van der Waals surface area contributed by atoms with Crippen LogP contribution < -0.4 is 4.90 Å². The summed E-state index contributed by atoms with van der Waals surface area (Å²) in [5, 5.41) is 9.21. The number of amides is 2. The predicted molar refractivity (Wildman–Crippen MR) is 94.8 cm³/mol. The average molecular weight is 361 g/mol. The van der Waals surface area contributed by atoms with E-state index >= 15 is 0 Å². The second-order valence-electron chi connectivity index (χ2n) is 7.88. The van der Waals surface area contributed by atoms with Crippen molar-refractivity contribution in [2.45, 2.75) is 44.2 Å². The first-order valence-corrected chi connectivity index (χ1v) is 9.21. The largest absolute Gasteiger partial charge is 0.465 e. The van der Waals surface area contributed by atoms with Crippen LogP contribution in [-0.2, 0) is 11.2 Å². The van der Waals surface area contributed by atoms with Crippen molar-refractivity contribution in [2.75, 3.05) is 31.1 Å². The first-order chi connectivity index (χ1) is 12.4. The molecule has 1 atom stereocenters. The van der Waals surface area contributed by atoms with Gasteiger partial charge in [-0.05, 0) is 43.9 Å². The SMILES string of the molecule is CC1(N2CCC(N3C(=O)Cc4ccc(F)cc43)CC2)CCN(C(=O)O)C1. The topological polar surface area (TPSA) is 64.1 Å². The van der Waals surface area contributed by atoms with Crippen LogP contribution in [0.25, 0.3) is 0 Å². The van der Waals surface area contributed by atoms with E-state index in [1.807, 2.05) is 0 Å². The summed E-state index contributed by atoms with van der Waals surface area (Å²) in [6.07, 6.45) is 1.97. The first kappa shape index (κ1) is 17.3. The summed E-state index contributed by atoms with van der Waals surface area (Å²) in [6, 6.07) is 4.67. The number of nitrogens with zero attached hydrogens (tertiary/aromatic N) is 3. The summed E-state index contributed by atoms with van der Waals surface area (Å²) in [5.41, 5.74) is 1.49. The highest BCUT2D eigenvalue weighted by Crippen LogP contribution is 2.36. The standard InChI is InChI=1S/C19H24FN3O3/c1-19(6-9-21(12-19)18(25)26)22-7-4-15(5-8-22)23-16-11-14(20)3-2-13(16)10-17(23)24/h2-3,11,15H,4-10,12H2,1H3,(H,25,26). The van der Waals surface area contributed by atoms with Gasteiger partial charge in [0.25, 0.3) is 0 Å².